The average Bonchev–Trinajstić information content (AvgIpc) is 3.20. The molecule has 0 aliphatic heterocycles. The van der Waals surface area contributed by atoms with E-state index in [2.05, 4.69) is 37.2 Å². The number of carboxylic acid groups (broad SMARTS) is 1. The molecule has 0 aliphatic carbocycles. The molecule has 0 saturated carbocycles. The van der Waals surface area contributed by atoms with Crippen LogP contribution in [-0.2, 0) is 44.8 Å². The van der Waals surface area contributed by atoms with Crippen molar-refractivity contribution < 1.29 is 58.8 Å². The van der Waals surface area contributed by atoms with E-state index in [4.69, 9.17) is 22.3 Å². The van der Waals surface area contributed by atoms with Crippen LogP contribution < -0.4 is 54.4 Å². The van der Waals surface area contributed by atoms with Gasteiger partial charge in [0.05, 0.1) is 12.7 Å². The van der Waals surface area contributed by atoms with Crippen molar-refractivity contribution in [2.45, 2.75) is 127 Å². The number of aromatic hydroxyl groups is 1. The van der Waals surface area contributed by atoms with Crippen molar-refractivity contribution in [3.05, 3.63) is 29.8 Å². The molecule has 0 fully saturated rings. The number of nitrogens with one attached hydrogen (secondary N) is 7. The Kier molecular flexibility index (Phi) is 24.8. The fourth-order valence-corrected chi connectivity index (χ4v) is 5.77. The van der Waals surface area contributed by atoms with Crippen LogP contribution in [0.25, 0.3) is 0 Å². The summed E-state index contributed by atoms with van der Waals surface area (Å²) in [7, 11) is 0. The number of carboxylic acids is 1. The normalized spacial score (nSPS) is 15.0. The minimum Gasteiger partial charge on any atom is -0.508 e. The van der Waals surface area contributed by atoms with Crippen molar-refractivity contribution >= 4 is 47.3 Å². The van der Waals surface area contributed by atoms with Crippen LogP contribution in [0.5, 0.6) is 5.75 Å². The zero-order chi connectivity index (χ0) is 46.2. The van der Waals surface area contributed by atoms with Crippen molar-refractivity contribution in [2.24, 2.45) is 23.1 Å². The largest absolute Gasteiger partial charge is 0.508 e. The molecule has 17 N–H and O–H groups in total. The molecule has 61 heavy (non-hydrogen) atoms. The van der Waals surface area contributed by atoms with Gasteiger partial charge < -0.3 is 74.8 Å². The van der Waals surface area contributed by atoms with Gasteiger partial charge in [-0.2, -0.15) is 0 Å². The molecule has 0 spiro atoms. The molecule has 1 rings (SSSR count). The topological polar surface area (TPSA) is 380 Å². The van der Waals surface area contributed by atoms with Crippen LogP contribution in [0.4, 0.5) is 0 Å². The van der Waals surface area contributed by atoms with Crippen molar-refractivity contribution in [3.63, 3.8) is 0 Å². The zero-order valence-corrected chi connectivity index (χ0v) is 35.3. The lowest BCUT2D eigenvalue weighted by Crippen LogP contribution is -2.61. The van der Waals surface area contributed by atoms with E-state index in [1.165, 1.54) is 38.1 Å². The van der Waals surface area contributed by atoms with Gasteiger partial charge in [-0.1, -0.05) is 26.0 Å². The Morgan fingerprint density at radius 3 is 1.52 bits per heavy atom. The van der Waals surface area contributed by atoms with E-state index in [-0.39, 0.29) is 43.9 Å². The highest BCUT2D eigenvalue weighted by Gasteiger charge is 2.34. The Morgan fingerprint density at radius 1 is 0.607 bits per heavy atom. The number of aliphatic hydroxyl groups excluding tert-OH is 2. The van der Waals surface area contributed by atoms with Gasteiger partial charge in [0, 0.05) is 6.42 Å². The average molecular weight is 867 g/mol. The molecule has 0 radical (unpaired) electrons. The van der Waals surface area contributed by atoms with Crippen LogP contribution in [0, 0.1) is 5.92 Å². The fraction of sp³-hybridized carbons (Fsp3) is 0.641. The smallest absolute Gasteiger partial charge is 0.322 e. The van der Waals surface area contributed by atoms with E-state index in [9.17, 15) is 53.7 Å². The summed E-state index contributed by atoms with van der Waals surface area (Å²) in [5.74, 6) is -7.38. The molecule has 7 amide bonds. The number of hydrogen-bond donors (Lipinski definition) is 14. The molecule has 22 nitrogen and oxygen atoms in total. The first-order chi connectivity index (χ1) is 28.7. The molecule has 344 valence electrons. The van der Waals surface area contributed by atoms with Gasteiger partial charge in [0.1, 0.15) is 54.6 Å². The molecule has 0 saturated heterocycles. The summed E-state index contributed by atoms with van der Waals surface area (Å²) in [5, 5.41) is 55.6. The lowest BCUT2D eigenvalue weighted by molar-refractivity contribution is -0.138. The van der Waals surface area contributed by atoms with Crippen molar-refractivity contribution in [1.82, 2.24) is 37.2 Å². The second-order valence-corrected chi connectivity index (χ2v) is 15.2. The Labute approximate surface area is 355 Å². The first-order valence-corrected chi connectivity index (χ1v) is 20.3. The van der Waals surface area contributed by atoms with Gasteiger partial charge in [-0.25, -0.2) is 0 Å². The van der Waals surface area contributed by atoms with Gasteiger partial charge in [-0.15, -0.1) is 0 Å². The lowest BCUT2D eigenvalue weighted by Gasteiger charge is -2.28. The first kappa shape index (κ1) is 53.6. The van der Waals surface area contributed by atoms with Crippen LogP contribution in [0.3, 0.4) is 0 Å². The third kappa shape index (κ3) is 20.6. The first-order valence-electron chi connectivity index (χ1n) is 20.3. The Balaban J connectivity index is 3.45. The van der Waals surface area contributed by atoms with Crippen LogP contribution in [0.1, 0.15) is 78.2 Å². The molecule has 1 aromatic rings. The van der Waals surface area contributed by atoms with Crippen molar-refractivity contribution in [3.8, 4) is 5.75 Å². The lowest BCUT2D eigenvalue weighted by atomic mass is 10.00. The number of carbonyl (C=O) groups excluding carboxylic acids is 7. The number of amides is 7. The van der Waals surface area contributed by atoms with Crippen LogP contribution in [0.15, 0.2) is 24.3 Å². The maximum atomic E-state index is 14.2. The number of phenols is 1. The maximum Gasteiger partial charge on any atom is 0.322 e. The summed E-state index contributed by atoms with van der Waals surface area (Å²) in [6.07, 6.45) is 0.487. The standard InChI is InChI=1S/C39H66N10O12/c1-21(2)17-28(47-38(60)30(20-50)49-39(61)32(42)23(4)51)36(58)48-29(18-24-11-13-25(52)14-12-24)37(59)46-27(10-6-8-16-41)35(57)45-26(9-5-7-15-40)34(56)44-22(3)33(55)43-19-31(53)54/h11-14,21-23,26-30,32,50-52H,5-10,15-20,40-42H2,1-4H3,(H,43,55)(H,44,56)(H,45,57)(H,46,59)(H,47,60)(H,48,58)(H,49,61)(H,53,54)/t22-,23+,26-,27-,28-,29-,30-,32-/m0/s1. The predicted octanol–water partition coefficient (Wildman–Crippen LogP) is -3.93. The van der Waals surface area contributed by atoms with E-state index in [0.29, 0.717) is 37.8 Å². The number of unbranched alkanes of at least 4 members (excludes halogenated alkanes) is 2. The van der Waals surface area contributed by atoms with Gasteiger partial charge in [0.25, 0.3) is 0 Å². The van der Waals surface area contributed by atoms with Crippen LogP contribution in [0.2, 0.25) is 0 Å². The highest BCUT2D eigenvalue weighted by atomic mass is 16.4. The van der Waals surface area contributed by atoms with Crippen molar-refractivity contribution in [2.75, 3.05) is 26.2 Å². The second kappa shape index (κ2) is 28.2. The van der Waals surface area contributed by atoms with Gasteiger partial charge in [0.2, 0.25) is 41.4 Å². The number of hydrogen-bond acceptors (Lipinski definition) is 14. The summed E-state index contributed by atoms with van der Waals surface area (Å²) in [6.45, 7) is 5.14. The fourth-order valence-electron chi connectivity index (χ4n) is 5.77. The van der Waals surface area contributed by atoms with E-state index in [0.717, 1.165) is 0 Å². The van der Waals surface area contributed by atoms with Gasteiger partial charge in [0.15, 0.2) is 0 Å². The second-order valence-electron chi connectivity index (χ2n) is 15.2. The monoisotopic (exact) mass is 866 g/mol. The number of benzene rings is 1. The van der Waals surface area contributed by atoms with Gasteiger partial charge in [-0.05, 0) is 95.5 Å². The number of rotatable bonds is 29. The molecular formula is C39H66N10O12. The molecule has 0 unspecified atom stereocenters. The molecule has 0 aromatic heterocycles. The van der Waals surface area contributed by atoms with Crippen molar-refractivity contribution in [1.29, 1.82) is 0 Å². The minimum atomic E-state index is -1.55. The molecule has 0 aliphatic rings. The number of phenolic OH excluding ortho intramolecular Hbond substituents is 1. The molecule has 0 heterocycles. The quantitative estimate of drug-likeness (QED) is 0.0342. The van der Waals surface area contributed by atoms with E-state index >= 15 is 0 Å². The Hall–Kier alpha value is -5.42. The summed E-state index contributed by atoms with van der Waals surface area (Å²) in [5.41, 5.74) is 17.5. The number of carbonyl (C=O) groups is 8. The maximum absolute atomic E-state index is 14.2. The molecule has 1 aromatic carbocycles. The third-order valence-corrected chi connectivity index (χ3v) is 9.31. The van der Waals surface area contributed by atoms with Crippen LogP contribution in [-0.4, -0.2) is 142 Å². The minimum absolute atomic E-state index is 0.0436. The third-order valence-electron chi connectivity index (χ3n) is 9.31. The Morgan fingerprint density at radius 2 is 1.05 bits per heavy atom. The molecular weight excluding hydrogens is 800 g/mol. The van der Waals surface area contributed by atoms with Gasteiger partial charge in [-0.3, -0.25) is 38.4 Å². The molecule has 22 heteroatoms. The summed E-state index contributed by atoms with van der Waals surface area (Å²) in [4.78, 5) is 104. The van der Waals surface area contributed by atoms with E-state index in [1.54, 1.807) is 13.8 Å². The number of aliphatic hydroxyl groups is 2. The Bertz CT molecular complexity index is 1600. The summed E-state index contributed by atoms with van der Waals surface area (Å²) < 4.78 is 0. The highest BCUT2D eigenvalue weighted by molar-refractivity contribution is 5.97. The SMILES string of the molecule is CC(C)C[C@H](NC(=O)[C@H](CO)NC(=O)[C@@H](N)[C@@H](C)O)C(=O)N[C@@H](Cc1ccc(O)cc1)C(=O)N[C@@H](CCCCN)C(=O)N[C@@H](CCCCN)C(=O)N[C@@H](C)C(=O)NCC(=O)O. The molecule has 0 bridgehead atoms. The summed E-state index contributed by atoms with van der Waals surface area (Å²) >= 11 is 0. The van der Waals surface area contributed by atoms with E-state index in [1.807, 2.05) is 0 Å². The highest BCUT2D eigenvalue weighted by Crippen LogP contribution is 2.14. The summed E-state index contributed by atoms with van der Waals surface area (Å²) in [6, 6.07) is -3.53. The molecule has 8 atom stereocenters. The number of aliphatic carboxylic acids is 1. The predicted molar refractivity (Wildman–Crippen MR) is 222 cm³/mol. The van der Waals surface area contributed by atoms with E-state index < -0.39 is 109 Å². The number of nitrogens with two attached hydrogens (primary N) is 3. The van der Waals surface area contributed by atoms with Crippen LogP contribution >= 0.6 is 0 Å². The van der Waals surface area contributed by atoms with Gasteiger partial charge >= 0.3 is 5.97 Å². The zero-order valence-electron chi connectivity index (χ0n) is 35.3.